The molecule has 1 aliphatic rings. The van der Waals surface area contributed by atoms with Crippen molar-refractivity contribution in [3.05, 3.63) is 51.0 Å². The Balaban J connectivity index is 0.00000432. The van der Waals surface area contributed by atoms with Crippen LogP contribution in [0.4, 0.5) is 10.8 Å². The molecule has 2 heterocycles. The van der Waals surface area contributed by atoms with Gasteiger partial charge in [0.05, 0.1) is 22.1 Å². The fourth-order valence-electron chi connectivity index (χ4n) is 3.61. The van der Waals surface area contributed by atoms with E-state index in [4.69, 9.17) is 14.2 Å². The zero-order valence-electron chi connectivity index (χ0n) is 19.4. The number of nitro benzene ring substituents is 1. The van der Waals surface area contributed by atoms with E-state index in [2.05, 4.69) is 10.3 Å². The third-order valence-corrected chi connectivity index (χ3v) is 6.57. The van der Waals surface area contributed by atoms with Gasteiger partial charge in [0.1, 0.15) is 12.7 Å². The van der Waals surface area contributed by atoms with Gasteiger partial charge in [0.2, 0.25) is 5.78 Å². The number of nitrogens with zero attached hydrogens (tertiary/aromatic N) is 2. The SMILES string of the molecule is CC(=O)OCC1O[C@H](Nc2ncc(C(=O)c3ccc([N+](=O)[O-])cc3)s2)C(OC(C)=O)[C@@H](C)[C@@H]1C.[Ar]. The number of carbonyl (C=O) groups excluding carboxylic acids is 3. The molecule has 1 N–H and O–H groups in total. The summed E-state index contributed by atoms with van der Waals surface area (Å²) in [6.45, 7) is 6.52. The fraction of sp³-hybridized carbons (Fsp3) is 0.455. The smallest absolute Gasteiger partial charge is 0.303 e. The third kappa shape index (κ3) is 7.43. The summed E-state index contributed by atoms with van der Waals surface area (Å²) >= 11 is 1.07. The number of thiazole rings is 1. The molecule has 11 nitrogen and oxygen atoms in total. The van der Waals surface area contributed by atoms with Gasteiger partial charge in [0.25, 0.3) is 5.69 Å². The summed E-state index contributed by atoms with van der Waals surface area (Å²) in [7, 11) is 0. The molecule has 0 saturated carbocycles. The van der Waals surface area contributed by atoms with Gasteiger partial charge in [-0.15, -0.1) is 0 Å². The van der Waals surface area contributed by atoms with E-state index in [1.807, 2.05) is 13.8 Å². The van der Waals surface area contributed by atoms with Crippen LogP contribution < -0.4 is 5.32 Å². The van der Waals surface area contributed by atoms with Gasteiger partial charge in [-0.1, -0.05) is 25.2 Å². The minimum atomic E-state index is -0.788. The molecule has 0 spiro atoms. The van der Waals surface area contributed by atoms with Crippen LogP contribution in [0.3, 0.4) is 0 Å². The topological polar surface area (TPSA) is 147 Å². The average molecular weight is 531 g/mol. The van der Waals surface area contributed by atoms with E-state index in [9.17, 15) is 24.5 Å². The number of ether oxygens (including phenoxy) is 3. The van der Waals surface area contributed by atoms with Gasteiger partial charge in [-0.2, -0.15) is 0 Å². The maximum absolute atomic E-state index is 12.8. The number of carbonyl (C=O) groups is 3. The van der Waals surface area contributed by atoms with Crippen LogP contribution in [0.1, 0.15) is 42.9 Å². The Morgan fingerprint density at radius 1 is 1.14 bits per heavy atom. The van der Waals surface area contributed by atoms with Crippen molar-refractivity contribution in [2.24, 2.45) is 11.8 Å². The zero-order chi connectivity index (χ0) is 25.0. The second-order valence-electron chi connectivity index (χ2n) is 8.00. The van der Waals surface area contributed by atoms with Crippen LogP contribution in [0.5, 0.6) is 0 Å². The van der Waals surface area contributed by atoms with Gasteiger partial charge >= 0.3 is 11.9 Å². The number of benzene rings is 1. The van der Waals surface area contributed by atoms with Crippen molar-refractivity contribution in [2.75, 3.05) is 11.9 Å². The van der Waals surface area contributed by atoms with Crippen LogP contribution in [0.25, 0.3) is 0 Å². The second-order valence-corrected chi connectivity index (χ2v) is 9.03. The molecular formula is C22H25ArN3O8S. The first kappa shape index (κ1) is 29.1. The van der Waals surface area contributed by atoms with Gasteiger partial charge in [-0.3, -0.25) is 24.5 Å². The second kappa shape index (κ2) is 12.7. The molecule has 0 bridgehead atoms. The predicted octanol–water partition coefficient (Wildman–Crippen LogP) is 3.19. The minimum Gasteiger partial charge on any atom is -0.463 e. The molecule has 13 heteroatoms. The zero-order valence-corrected chi connectivity index (χ0v) is 20.9. The Morgan fingerprint density at radius 2 is 1.80 bits per heavy atom. The van der Waals surface area contributed by atoms with Crippen molar-refractivity contribution < 1.29 is 71.3 Å². The number of hydrogen-bond donors (Lipinski definition) is 1. The Bertz CT molecular complexity index is 1070. The molecule has 0 radical (unpaired) electrons. The van der Waals surface area contributed by atoms with Crippen molar-refractivity contribution in [3.8, 4) is 0 Å². The van der Waals surface area contributed by atoms with E-state index in [1.165, 1.54) is 44.3 Å². The largest absolute Gasteiger partial charge is 0.463 e. The number of hydrogen-bond acceptors (Lipinski definition) is 11. The maximum atomic E-state index is 12.8. The summed E-state index contributed by atoms with van der Waals surface area (Å²) in [4.78, 5) is 50.5. The quantitative estimate of drug-likeness (QED) is 0.233. The van der Waals surface area contributed by atoms with E-state index in [1.54, 1.807) is 0 Å². The Hall–Kier alpha value is -2.12. The summed E-state index contributed by atoms with van der Waals surface area (Å²) in [6.07, 6.45) is -0.477. The number of aromatic nitrogens is 1. The normalized spacial score (nSPS) is 23.5. The van der Waals surface area contributed by atoms with E-state index in [-0.39, 0.29) is 73.2 Å². The van der Waals surface area contributed by atoms with Crippen LogP contribution in [-0.4, -0.2) is 52.7 Å². The van der Waals surface area contributed by atoms with Crippen molar-refractivity contribution >= 4 is 39.9 Å². The van der Waals surface area contributed by atoms with E-state index in [0.717, 1.165) is 11.3 Å². The number of nitrogens with one attached hydrogen (secondary N) is 1. The number of nitro groups is 1. The molecule has 1 saturated heterocycles. The third-order valence-electron chi connectivity index (χ3n) is 5.64. The number of esters is 2. The molecule has 1 fully saturated rings. The van der Waals surface area contributed by atoms with Crippen molar-refractivity contribution in [2.45, 2.75) is 46.1 Å². The Morgan fingerprint density at radius 3 is 2.37 bits per heavy atom. The summed E-state index contributed by atoms with van der Waals surface area (Å²) in [5, 5.41) is 14.3. The standard InChI is InChI=1S/C22H25N3O8S.Ar/c1-11-12(2)20(32-14(4)27)21(33-17(11)10-31-13(3)26)24-22-23-9-18(34-22)19(28)15-5-7-16(8-6-15)25(29)30;/h5-9,11-12,17,20-21H,10H2,1-4H3,(H,23,24);/t11-,12-,17?,20?,21-;/m0./s1. The average Bonchev–Trinajstić information content (AvgIpc) is 3.25. The molecule has 5 atom stereocenters. The van der Waals surface area contributed by atoms with Crippen LogP contribution >= 0.6 is 11.3 Å². The number of anilines is 1. The first-order chi connectivity index (χ1) is 16.1. The molecule has 190 valence electrons. The van der Waals surface area contributed by atoms with Crippen molar-refractivity contribution in [1.82, 2.24) is 4.98 Å². The molecule has 2 aromatic rings. The molecule has 1 aromatic heterocycles. The van der Waals surface area contributed by atoms with Gasteiger partial charge in [-0.25, -0.2) is 4.98 Å². The Labute approximate surface area is 235 Å². The molecule has 2 unspecified atom stereocenters. The van der Waals surface area contributed by atoms with E-state index >= 15 is 0 Å². The molecule has 0 aliphatic carbocycles. The van der Waals surface area contributed by atoms with Gasteiger partial charge in [0, 0.05) is 75.2 Å². The Kier molecular flexibility index (Phi) is 10.6. The molecule has 35 heavy (non-hydrogen) atoms. The van der Waals surface area contributed by atoms with Crippen LogP contribution in [0.15, 0.2) is 30.5 Å². The first-order valence-electron chi connectivity index (χ1n) is 10.5. The van der Waals surface area contributed by atoms with E-state index < -0.39 is 35.3 Å². The molecule has 1 aliphatic heterocycles. The molecular weight excluding hydrogens is 506 g/mol. The summed E-state index contributed by atoms with van der Waals surface area (Å²) < 4.78 is 16.7. The monoisotopic (exact) mass is 531 g/mol. The first-order valence-corrected chi connectivity index (χ1v) is 11.4. The minimum absolute atomic E-state index is 0. The van der Waals surface area contributed by atoms with Crippen LogP contribution in [0, 0.1) is 59.7 Å². The van der Waals surface area contributed by atoms with Gasteiger partial charge in [-0.05, 0) is 18.1 Å². The van der Waals surface area contributed by atoms with E-state index in [0.29, 0.717) is 10.0 Å². The molecule has 3 rings (SSSR count). The van der Waals surface area contributed by atoms with Crippen molar-refractivity contribution in [1.29, 1.82) is 0 Å². The summed E-state index contributed by atoms with van der Waals surface area (Å²) in [6, 6.07) is 5.30. The summed E-state index contributed by atoms with van der Waals surface area (Å²) in [5.41, 5.74) is 0.178. The number of ketones is 1. The molecule has 0 amide bonds. The summed E-state index contributed by atoms with van der Waals surface area (Å²) in [5.74, 6) is -1.43. The molecule has 1 aromatic carbocycles. The van der Waals surface area contributed by atoms with Crippen LogP contribution in [0.2, 0.25) is 0 Å². The fourth-order valence-corrected chi connectivity index (χ4v) is 4.42. The maximum Gasteiger partial charge on any atom is 0.303 e. The van der Waals surface area contributed by atoms with Gasteiger partial charge in [0.15, 0.2) is 11.4 Å². The van der Waals surface area contributed by atoms with Gasteiger partial charge < -0.3 is 19.5 Å². The number of rotatable bonds is 8. The van der Waals surface area contributed by atoms with Crippen molar-refractivity contribution in [3.63, 3.8) is 0 Å². The predicted molar refractivity (Wildman–Crippen MR) is 121 cm³/mol. The number of non-ortho nitro benzene ring substituents is 1. The van der Waals surface area contributed by atoms with Crippen LogP contribution in [-0.2, 0) is 23.8 Å².